The lowest BCUT2D eigenvalue weighted by molar-refractivity contribution is 0.0981. The number of carbonyl (C=O) groups excluding carboxylic acids is 1. The van der Waals surface area contributed by atoms with Gasteiger partial charge in [-0.3, -0.25) is 4.79 Å². The van der Waals surface area contributed by atoms with E-state index in [2.05, 4.69) is 4.72 Å². The molecule has 0 spiro atoms. The number of hydrogen-bond acceptors (Lipinski definition) is 4. The predicted molar refractivity (Wildman–Crippen MR) is 88.6 cm³/mol. The van der Waals surface area contributed by atoms with E-state index in [-0.39, 0.29) is 16.2 Å². The molecule has 0 unspecified atom stereocenters. The SMILES string of the molecule is COc1cc(C)ccc1S(=O)(=O)NC(=O)c1ccc(Cl)cc1C. The highest BCUT2D eigenvalue weighted by Gasteiger charge is 2.23. The molecule has 0 atom stereocenters. The van der Waals surface area contributed by atoms with Crippen LogP contribution in [0, 0.1) is 13.8 Å². The van der Waals surface area contributed by atoms with Gasteiger partial charge in [-0.2, -0.15) is 0 Å². The average Bonchev–Trinajstić information content (AvgIpc) is 2.45. The van der Waals surface area contributed by atoms with Crippen molar-refractivity contribution in [3.05, 3.63) is 58.1 Å². The van der Waals surface area contributed by atoms with E-state index in [9.17, 15) is 13.2 Å². The van der Waals surface area contributed by atoms with Crippen molar-refractivity contribution in [2.45, 2.75) is 18.7 Å². The first kappa shape index (κ1) is 17.3. The number of hydrogen-bond donors (Lipinski definition) is 1. The Labute approximate surface area is 140 Å². The number of halogens is 1. The highest BCUT2D eigenvalue weighted by molar-refractivity contribution is 7.90. The molecule has 1 amide bonds. The summed E-state index contributed by atoms with van der Waals surface area (Å²) in [4.78, 5) is 12.2. The number of ether oxygens (including phenoxy) is 1. The molecule has 2 aromatic rings. The summed E-state index contributed by atoms with van der Waals surface area (Å²) in [6.45, 7) is 3.49. The quantitative estimate of drug-likeness (QED) is 0.916. The lowest BCUT2D eigenvalue weighted by Crippen LogP contribution is -2.31. The third-order valence-corrected chi connectivity index (χ3v) is 4.87. The number of sulfonamides is 1. The monoisotopic (exact) mass is 353 g/mol. The molecule has 23 heavy (non-hydrogen) atoms. The number of carbonyl (C=O) groups is 1. The molecule has 7 heteroatoms. The molecule has 0 aliphatic heterocycles. The fraction of sp³-hybridized carbons (Fsp3) is 0.188. The second kappa shape index (κ2) is 6.60. The molecule has 0 bridgehead atoms. The predicted octanol–water partition coefficient (Wildman–Crippen LogP) is 3.08. The van der Waals surface area contributed by atoms with Gasteiger partial charge in [0.15, 0.2) is 0 Å². The Balaban J connectivity index is 2.36. The number of amides is 1. The molecule has 0 aliphatic rings. The van der Waals surface area contributed by atoms with Crippen molar-refractivity contribution in [2.24, 2.45) is 0 Å². The third kappa shape index (κ3) is 3.83. The van der Waals surface area contributed by atoms with Crippen LogP contribution in [0.1, 0.15) is 21.5 Å². The van der Waals surface area contributed by atoms with Gasteiger partial charge in [-0.05, 0) is 55.3 Å². The molecular weight excluding hydrogens is 338 g/mol. The number of aryl methyl sites for hydroxylation is 2. The topological polar surface area (TPSA) is 72.5 Å². The number of methoxy groups -OCH3 is 1. The summed E-state index contributed by atoms with van der Waals surface area (Å²) in [6, 6.07) is 9.23. The molecule has 2 rings (SSSR count). The average molecular weight is 354 g/mol. The van der Waals surface area contributed by atoms with Crippen LogP contribution in [0.4, 0.5) is 0 Å². The smallest absolute Gasteiger partial charge is 0.268 e. The molecule has 1 N–H and O–H groups in total. The zero-order valence-electron chi connectivity index (χ0n) is 12.9. The fourth-order valence-electron chi connectivity index (χ4n) is 2.11. The molecule has 0 saturated heterocycles. The van der Waals surface area contributed by atoms with Gasteiger partial charge in [-0.1, -0.05) is 17.7 Å². The number of nitrogens with one attached hydrogen (secondary N) is 1. The summed E-state index contributed by atoms with van der Waals surface area (Å²) in [7, 11) is -2.68. The van der Waals surface area contributed by atoms with Crippen LogP contribution in [0.25, 0.3) is 0 Å². The van der Waals surface area contributed by atoms with Crippen LogP contribution in [0.15, 0.2) is 41.3 Å². The number of rotatable bonds is 4. The normalized spacial score (nSPS) is 11.1. The zero-order chi connectivity index (χ0) is 17.2. The fourth-order valence-corrected chi connectivity index (χ4v) is 3.46. The number of benzene rings is 2. The van der Waals surface area contributed by atoms with Crippen LogP contribution in [-0.4, -0.2) is 21.4 Å². The van der Waals surface area contributed by atoms with Gasteiger partial charge in [0.25, 0.3) is 15.9 Å². The van der Waals surface area contributed by atoms with Gasteiger partial charge < -0.3 is 4.74 Å². The maximum absolute atomic E-state index is 12.4. The minimum Gasteiger partial charge on any atom is -0.495 e. The molecule has 0 aromatic heterocycles. The van der Waals surface area contributed by atoms with Crippen molar-refractivity contribution in [3.63, 3.8) is 0 Å². The van der Waals surface area contributed by atoms with Crippen molar-refractivity contribution in [2.75, 3.05) is 7.11 Å². The van der Waals surface area contributed by atoms with E-state index in [1.54, 1.807) is 25.1 Å². The zero-order valence-corrected chi connectivity index (χ0v) is 14.5. The first-order chi connectivity index (χ1) is 10.7. The molecule has 0 heterocycles. The highest BCUT2D eigenvalue weighted by atomic mass is 35.5. The summed E-state index contributed by atoms with van der Waals surface area (Å²) >= 11 is 5.84. The third-order valence-electron chi connectivity index (χ3n) is 3.27. The standard InChI is InChI=1S/C16H16ClNO4S/c1-10-4-7-15(14(8-10)22-3)23(20,21)18-16(19)13-6-5-12(17)9-11(13)2/h4-9H,1-3H3,(H,18,19). The van der Waals surface area contributed by atoms with E-state index in [1.807, 2.05) is 6.92 Å². The van der Waals surface area contributed by atoms with Crippen molar-refractivity contribution < 1.29 is 17.9 Å². The Bertz CT molecular complexity index is 862. The van der Waals surface area contributed by atoms with Crippen LogP contribution in [-0.2, 0) is 10.0 Å². The van der Waals surface area contributed by atoms with E-state index in [0.717, 1.165) is 5.56 Å². The molecule has 5 nitrogen and oxygen atoms in total. The second-order valence-electron chi connectivity index (χ2n) is 5.05. The van der Waals surface area contributed by atoms with Crippen LogP contribution in [0.3, 0.4) is 0 Å². The summed E-state index contributed by atoms with van der Waals surface area (Å²) in [5, 5.41) is 0.474. The Hall–Kier alpha value is -2.05. The second-order valence-corrected chi connectivity index (χ2v) is 7.14. The highest BCUT2D eigenvalue weighted by Crippen LogP contribution is 2.25. The van der Waals surface area contributed by atoms with E-state index < -0.39 is 15.9 Å². The minimum absolute atomic E-state index is 0.0921. The summed E-state index contributed by atoms with van der Waals surface area (Å²) in [5.41, 5.74) is 1.67. The molecule has 0 fully saturated rings. The molecular formula is C16H16ClNO4S. The van der Waals surface area contributed by atoms with Crippen molar-refractivity contribution in [1.29, 1.82) is 0 Å². The van der Waals surface area contributed by atoms with Crippen molar-refractivity contribution in [3.8, 4) is 5.75 Å². The van der Waals surface area contributed by atoms with Crippen LogP contribution in [0.2, 0.25) is 5.02 Å². The minimum atomic E-state index is -4.05. The van der Waals surface area contributed by atoms with E-state index in [1.165, 1.54) is 25.3 Å². The molecule has 0 radical (unpaired) electrons. The summed E-state index contributed by atoms with van der Waals surface area (Å²) < 4.78 is 32.0. The Morgan fingerprint density at radius 3 is 2.43 bits per heavy atom. The Morgan fingerprint density at radius 1 is 1.13 bits per heavy atom. The molecule has 0 aliphatic carbocycles. The van der Waals surface area contributed by atoms with E-state index in [0.29, 0.717) is 10.6 Å². The van der Waals surface area contributed by atoms with Gasteiger partial charge in [0, 0.05) is 10.6 Å². The van der Waals surface area contributed by atoms with Crippen molar-refractivity contribution >= 4 is 27.5 Å². The largest absolute Gasteiger partial charge is 0.495 e. The Morgan fingerprint density at radius 2 is 1.83 bits per heavy atom. The summed E-state index contributed by atoms with van der Waals surface area (Å²) in [5.74, 6) is -0.542. The maximum atomic E-state index is 12.4. The first-order valence-corrected chi connectivity index (χ1v) is 8.58. The van der Waals surface area contributed by atoms with Crippen LogP contribution >= 0.6 is 11.6 Å². The molecule has 0 saturated carbocycles. The van der Waals surface area contributed by atoms with Gasteiger partial charge in [0.1, 0.15) is 10.6 Å². The molecule has 122 valence electrons. The first-order valence-electron chi connectivity index (χ1n) is 6.72. The lowest BCUT2D eigenvalue weighted by Gasteiger charge is -2.12. The summed E-state index contributed by atoms with van der Waals surface area (Å²) in [6.07, 6.45) is 0. The lowest BCUT2D eigenvalue weighted by atomic mass is 10.1. The van der Waals surface area contributed by atoms with Gasteiger partial charge >= 0.3 is 0 Å². The maximum Gasteiger partial charge on any atom is 0.268 e. The van der Waals surface area contributed by atoms with Gasteiger partial charge in [0.05, 0.1) is 7.11 Å². The van der Waals surface area contributed by atoms with Crippen LogP contribution in [0.5, 0.6) is 5.75 Å². The van der Waals surface area contributed by atoms with E-state index >= 15 is 0 Å². The van der Waals surface area contributed by atoms with E-state index in [4.69, 9.17) is 16.3 Å². The van der Waals surface area contributed by atoms with Gasteiger partial charge in [-0.15, -0.1) is 0 Å². The van der Waals surface area contributed by atoms with Crippen molar-refractivity contribution in [1.82, 2.24) is 4.72 Å². The van der Waals surface area contributed by atoms with Gasteiger partial charge in [-0.25, -0.2) is 13.1 Å². The van der Waals surface area contributed by atoms with Crippen LogP contribution < -0.4 is 9.46 Å². The molecule has 2 aromatic carbocycles. The Kier molecular flexibility index (Phi) is 4.97. The van der Waals surface area contributed by atoms with Gasteiger partial charge in [0.2, 0.25) is 0 Å².